The average molecular weight is 476 g/mol. The Kier molecular flexibility index (Phi) is 6.26. The zero-order chi connectivity index (χ0) is 21.4. The highest BCUT2D eigenvalue weighted by atomic mass is 31.3. The molecule has 0 saturated carbocycles. The lowest BCUT2D eigenvalue weighted by Gasteiger charge is -2.18. The number of H-pyrrole nitrogens is 1. The molecular formula is C10H15N4O12P3. The zero-order valence-corrected chi connectivity index (χ0v) is 16.9. The number of hydrogen-bond acceptors (Lipinski definition) is 10. The van der Waals surface area contributed by atoms with Gasteiger partial charge in [-0.15, -0.1) is 0 Å². The summed E-state index contributed by atoms with van der Waals surface area (Å²) in [4.78, 5) is 57.5. The molecule has 2 aromatic rings. The second-order valence-corrected chi connectivity index (χ2v) is 10.2. The summed E-state index contributed by atoms with van der Waals surface area (Å²) in [6, 6.07) is 0. The molecule has 5 N–H and O–H groups in total. The number of phosphoric ester groups is 1. The van der Waals surface area contributed by atoms with Crippen LogP contribution in [0.15, 0.2) is 17.4 Å². The second kappa shape index (κ2) is 8.10. The van der Waals surface area contributed by atoms with Crippen molar-refractivity contribution in [2.45, 2.75) is 25.2 Å². The van der Waals surface area contributed by atoms with E-state index in [1.165, 1.54) is 17.2 Å². The van der Waals surface area contributed by atoms with E-state index in [9.17, 15) is 23.4 Å². The van der Waals surface area contributed by atoms with Crippen LogP contribution in [0.3, 0.4) is 0 Å². The molecule has 1 saturated heterocycles. The molecule has 0 spiro atoms. The molecule has 4 atom stereocenters. The molecule has 0 aliphatic carbocycles. The van der Waals surface area contributed by atoms with Crippen LogP contribution in [0.25, 0.3) is 11.2 Å². The molecule has 3 heterocycles. The minimum absolute atomic E-state index is 0.104. The number of imidazole rings is 1. The number of aromatic amines is 1. The third-order valence-corrected chi connectivity index (χ3v) is 7.40. The van der Waals surface area contributed by atoms with Gasteiger partial charge in [0.1, 0.15) is 6.23 Å². The first-order chi connectivity index (χ1) is 13.4. The molecule has 16 nitrogen and oxygen atoms in total. The highest BCUT2D eigenvalue weighted by molar-refractivity contribution is 7.66. The maximum Gasteiger partial charge on any atom is 0.490 e. The Morgan fingerprint density at radius 2 is 1.86 bits per heavy atom. The highest BCUT2D eigenvalue weighted by Gasteiger charge is 2.41. The van der Waals surface area contributed by atoms with Crippen LogP contribution in [-0.2, 0) is 31.6 Å². The SMILES string of the molecule is O=c1[nH]cnc2c1ncn2C1CCC(COP(=O)(O)OP(=O)(O)OP(=O)(O)O)O1. The molecule has 0 amide bonds. The number of fused-ring (bicyclic) bond motifs is 1. The van der Waals surface area contributed by atoms with E-state index in [4.69, 9.17) is 19.4 Å². The molecular weight excluding hydrogens is 461 g/mol. The van der Waals surface area contributed by atoms with Gasteiger partial charge >= 0.3 is 23.5 Å². The summed E-state index contributed by atoms with van der Waals surface area (Å²) < 4.78 is 52.5. The van der Waals surface area contributed by atoms with Crippen LogP contribution in [0.2, 0.25) is 0 Å². The summed E-state index contributed by atoms with van der Waals surface area (Å²) in [6.45, 7) is -0.555. The predicted octanol–water partition coefficient (Wildman–Crippen LogP) is 0.140. The summed E-state index contributed by atoms with van der Waals surface area (Å²) in [7, 11) is -16.3. The zero-order valence-electron chi connectivity index (χ0n) is 14.2. The molecule has 2 aromatic heterocycles. The fourth-order valence-corrected chi connectivity index (χ4v) is 5.62. The Morgan fingerprint density at radius 1 is 1.14 bits per heavy atom. The number of aromatic nitrogens is 4. The van der Waals surface area contributed by atoms with Gasteiger partial charge in [-0.3, -0.25) is 13.9 Å². The van der Waals surface area contributed by atoms with Crippen LogP contribution in [0, 0.1) is 0 Å². The molecule has 19 heteroatoms. The summed E-state index contributed by atoms with van der Waals surface area (Å²) in [5.41, 5.74) is -0.0592. The highest BCUT2D eigenvalue weighted by Crippen LogP contribution is 2.66. The maximum atomic E-state index is 11.7. The number of phosphoric acid groups is 3. The van der Waals surface area contributed by atoms with Gasteiger partial charge in [0.05, 0.1) is 25.4 Å². The Hall–Kier alpha value is -1.28. The van der Waals surface area contributed by atoms with Gasteiger partial charge in [0.25, 0.3) is 5.56 Å². The molecule has 1 aliphatic heterocycles. The number of hydrogen-bond donors (Lipinski definition) is 5. The largest absolute Gasteiger partial charge is 0.490 e. The monoisotopic (exact) mass is 476 g/mol. The lowest BCUT2D eigenvalue weighted by atomic mass is 10.2. The van der Waals surface area contributed by atoms with E-state index >= 15 is 0 Å². The predicted molar refractivity (Wildman–Crippen MR) is 91.1 cm³/mol. The molecule has 0 radical (unpaired) electrons. The van der Waals surface area contributed by atoms with Crippen molar-refractivity contribution in [1.29, 1.82) is 0 Å². The third kappa shape index (κ3) is 5.87. The lowest BCUT2D eigenvalue weighted by molar-refractivity contribution is -0.0205. The Morgan fingerprint density at radius 3 is 2.55 bits per heavy atom. The van der Waals surface area contributed by atoms with E-state index in [1.807, 2.05) is 0 Å². The fraction of sp³-hybridized carbons (Fsp3) is 0.500. The van der Waals surface area contributed by atoms with Gasteiger partial charge in [0, 0.05) is 0 Å². The maximum absolute atomic E-state index is 11.7. The number of nitrogens with one attached hydrogen (secondary N) is 1. The summed E-state index contributed by atoms with van der Waals surface area (Å²) in [5.74, 6) is 0. The first-order valence-electron chi connectivity index (χ1n) is 7.69. The van der Waals surface area contributed by atoms with E-state index in [1.54, 1.807) is 0 Å². The van der Waals surface area contributed by atoms with Crippen molar-refractivity contribution in [3.8, 4) is 0 Å². The Bertz CT molecular complexity index is 1090. The van der Waals surface area contributed by atoms with Gasteiger partial charge in [-0.25, -0.2) is 23.7 Å². The second-order valence-electron chi connectivity index (χ2n) is 5.73. The minimum atomic E-state index is -5.58. The lowest BCUT2D eigenvalue weighted by Crippen LogP contribution is -2.16. The van der Waals surface area contributed by atoms with Crippen LogP contribution in [0.4, 0.5) is 0 Å². The quantitative estimate of drug-likeness (QED) is 0.319. The molecule has 4 unspecified atom stereocenters. The average Bonchev–Trinajstić information content (AvgIpc) is 3.16. The smallest absolute Gasteiger partial charge is 0.352 e. The van der Waals surface area contributed by atoms with Crippen molar-refractivity contribution in [1.82, 2.24) is 19.5 Å². The number of rotatable bonds is 8. The summed E-state index contributed by atoms with van der Waals surface area (Å²) >= 11 is 0. The van der Waals surface area contributed by atoms with Gasteiger partial charge in [-0.05, 0) is 12.8 Å². The van der Waals surface area contributed by atoms with Crippen molar-refractivity contribution in [3.05, 3.63) is 23.0 Å². The van der Waals surface area contributed by atoms with Crippen LogP contribution in [0.5, 0.6) is 0 Å². The Balaban J connectivity index is 1.59. The van der Waals surface area contributed by atoms with Gasteiger partial charge in [-0.2, -0.15) is 8.62 Å². The molecule has 1 fully saturated rings. The molecule has 0 bridgehead atoms. The molecule has 1 aliphatic rings. The van der Waals surface area contributed by atoms with Crippen molar-refractivity contribution in [3.63, 3.8) is 0 Å². The topological polar surface area (TPSA) is 233 Å². The molecule has 29 heavy (non-hydrogen) atoms. The van der Waals surface area contributed by atoms with E-state index < -0.39 is 48.0 Å². The van der Waals surface area contributed by atoms with Gasteiger partial charge in [0.2, 0.25) is 0 Å². The summed E-state index contributed by atoms with van der Waals surface area (Å²) in [6.07, 6.45) is 1.94. The van der Waals surface area contributed by atoms with Crippen LogP contribution in [0.1, 0.15) is 19.1 Å². The molecule has 162 valence electrons. The first-order valence-corrected chi connectivity index (χ1v) is 12.2. The number of nitrogens with zero attached hydrogens (tertiary/aromatic N) is 3. The van der Waals surface area contributed by atoms with Gasteiger partial charge < -0.3 is 29.3 Å². The van der Waals surface area contributed by atoms with E-state index in [-0.39, 0.29) is 11.2 Å². The molecule has 3 rings (SSSR count). The van der Waals surface area contributed by atoms with Crippen molar-refractivity contribution >= 4 is 34.6 Å². The van der Waals surface area contributed by atoms with Crippen molar-refractivity contribution < 1.29 is 51.2 Å². The molecule has 0 aromatic carbocycles. The number of ether oxygens (including phenoxy) is 1. The standard InChI is InChI=1S/C10H15N4O12P3/c15-10-8-9(11-4-12-10)14(5-13-8)7-2-1-6(24-7)3-23-28(19,20)26-29(21,22)25-27(16,17)18/h4-7H,1-3H2,(H,19,20)(H,21,22)(H,11,12,15)(H2,16,17,18). The van der Waals surface area contributed by atoms with Crippen LogP contribution >= 0.6 is 23.5 Å². The normalized spacial score (nSPS) is 24.4. The van der Waals surface area contributed by atoms with E-state index in [0.29, 0.717) is 12.8 Å². The van der Waals surface area contributed by atoms with Crippen LogP contribution < -0.4 is 5.56 Å². The van der Waals surface area contributed by atoms with Crippen molar-refractivity contribution in [2.24, 2.45) is 0 Å². The third-order valence-electron chi connectivity index (χ3n) is 3.60. The van der Waals surface area contributed by atoms with Gasteiger partial charge in [-0.1, -0.05) is 0 Å². The fourth-order valence-electron chi connectivity index (χ4n) is 2.57. The van der Waals surface area contributed by atoms with E-state index in [0.717, 1.165) is 0 Å². The first kappa shape index (κ1) is 22.4. The van der Waals surface area contributed by atoms with E-state index in [2.05, 4.69) is 28.1 Å². The van der Waals surface area contributed by atoms with Crippen molar-refractivity contribution in [2.75, 3.05) is 6.61 Å². The summed E-state index contributed by atoms with van der Waals surface area (Å²) in [5, 5.41) is 0. The Labute approximate surface area is 160 Å². The van der Waals surface area contributed by atoms with Gasteiger partial charge in [0.15, 0.2) is 11.2 Å². The minimum Gasteiger partial charge on any atom is -0.352 e. The van der Waals surface area contributed by atoms with Crippen LogP contribution in [-0.4, -0.2) is 51.8 Å².